The molecule has 1 aliphatic heterocycles. The lowest BCUT2D eigenvalue weighted by molar-refractivity contribution is 0.0652. The molecule has 98 valence electrons. The van der Waals surface area contributed by atoms with Crippen molar-refractivity contribution in [2.75, 3.05) is 0 Å². The van der Waals surface area contributed by atoms with Crippen LogP contribution in [0.1, 0.15) is 35.4 Å². The van der Waals surface area contributed by atoms with Crippen molar-refractivity contribution in [1.82, 2.24) is 4.98 Å². The minimum Gasteiger partial charge on any atom is -0.485 e. The predicted molar refractivity (Wildman–Crippen MR) is 68.3 cm³/mol. The van der Waals surface area contributed by atoms with Gasteiger partial charge in [0.1, 0.15) is 17.7 Å². The van der Waals surface area contributed by atoms with Gasteiger partial charge in [-0.1, -0.05) is 6.07 Å². The van der Waals surface area contributed by atoms with Crippen molar-refractivity contribution in [2.45, 2.75) is 25.6 Å². The molecule has 2 aromatic rings. The van der Waals surface area contributed by atoms with Crippen molar-refractivity contribution < 1.29 is 14.2 Å². The summed E-state index contributed by atoms with van der Waals surface area (Å²) < 4.78 is 19.0. The van der Waals surface area contributed by atoms with Crippen molar-refractivity contribution in [2.24, 2.45) is 0 Å². The first-order valence-corrected chi connectivity index (χ1v) is 6.20. The van der Waals surface area contributed by atoms with Gasteiger partial charge in [-0.2, -0.15) is 0 Å². The summed E-state index contributed by atoms with van der Waals surface area (Å²) in [5, 5.41) is 10.1. The number of nitrogens with zero attached hydrogens (tertiary/aromatic N) is 1. The first-order chi connectivity index (χ1) is 9.13. The Bertz CT molecular complexity index is 598. The monoisotopic (exact) mass is 259 g/mol. The molecule has 0 radical (unpaired) electrons. The highest BCUT2D eigenvalue weighted by Crippen LogP contribution is 2.40. The highest BCUT2D eigenvalue weighted by molar-refractivity contribution is 5.38. The summed E-state index contributed by atoms with van der Waals surface area (Å²) in [7, 11) is 0. The van der Waals surface area contributed by atoms with Crippen molar-refractivity contribution >= 4 is 0 Å². The lowest BCUT2D eigenvalue weighted by Crippen LogP contribution is -2.19. The molecule has 1 aliphatic rings. The number of fused-ring (bicyclic) bond motifs is 1. The van der Waals surface area contributed by atoms with Crippen LogP contribution in [0.2, 0.25) is 0 Å². The van der Waals surface area contributed by atoms with Gasteiger partial charge in [0, 0.05) is 35.5 Å². The largest absolute Gasteiger partial charge is 0.485 e. The van der Waals surface area contributed by atoms with E-state index >= 15 is 0 Å². The average molecular weight is 259 g/mol. The first-order valence-electron chi connectivity index (χ1n) is 6.20. The third-order valence-corrected chi connectivity index (χ3v) is 3.35. The number of rotatable bonds is 1. The number of halogens is 1. The zero-order valence-corrected chi connectivity index (χ0v) is 10.5. The number of hydrogen-bond donors (Lipinski definition) is 1. The topological polar surface area (TPSA) is 42.4 Å². The molecule has 0 aliphatic carbocycles. The lowest BCUT2D eigenvalue weighted by Gasteiger charge is -2.29. The van der Waals surface area contributed by atoms with Crippen LogP contribution >= 0.6 is 0 Å². The van der Waals surface area contributed by atoms with Gasteiger partial charge >= 0.3 is 0 Å². The molecule has 1 aromatic carbocycles. The van der Waals surface area contributed by atoms with E-state index in [1.807, 2.05) is 19.1 Å². The van der Waals surface area contributed by atoms with Crippen molar-refractivity contribution in [3.63, 3.8) is 0 Å². The first kappa shape index (κ1) is 12.1. The highest BCUT2D eigenvalue weighted by Gasteiger charge is 2.28. The molecule has 4 heteroatoms. The molecule has 2 unspecified atom stereocenters. The van der Waals surface area contributed by atoms with Crippen LogP contribution in [-0.2, 0) is 0 Å². The van der Waals surface area contributed by atoms with Gasteiger partial charge in [-0.3, -0.25) is 4.98 Å². The fraction of sp³-hybridized carbons (Fsp3) is 0.267. The molecule has 2 heterocycles. The molecular weight excluding hydrogens is 245 g/mol. The van der Waals surface area contributed by atoms with E-state index in [0.717, 1.165) is 11.3 Å². The molecule has 0 spiro atoms. The normalized spacial score (nSPS) is 21.6. The Labute approximate surface area is 110 Å². The summed E-state index contributed by atoms with van der Waals surface area (Å²) in [6, 6.07) is 8.03. The molecular formula is C15H14FNO2. The van der Waals surface area contributed by atoms with Gasteiger partial charge in [0.15, 0.2) is 0 Å². The van der Waals surface area contributed by atoms with Gasteiger partial charge in [-0.15, -0.1) is 0 Å². The number of ether oxygens (including phenoxy) is 1. The van der Waals surface area contributed by atoms with Crippen LogP contribution in [0, 0.1) is 12.7 Å². The second-order valence-electron chi connectivity index (χ2n) is 4.77. The molecule has 0 fully saturated rings. The molecule has 0 saturated carbocycles. The fourth-order valence-electron chi connectivity index (χ4n) is 2.29. The van der Waals surface area contributed by atoms with E-state index in [-0.39, 0.29) is 11.9 Å². The van der Waals surface area contributed by atoms with Crippen molar-refractivity contribution in [3.8, 4) is 5.75 Å². The minimum absolute atomic E-state index is 0.294. The smallest absolute Gasteiger partial charge is 0.128 e. The zero-order valence-electron chi connectivity index (χ0n) is 10.5. The van der Waals surface area contributed by atoms with E-state index in [0.29, 0.717) is 17.7 Å². The van der Waals surface area contributed by atoms with Gasteiger partial charge in [0.25, 0.3) is 0 Å². The quantitative estimate of drug-likeness (QED) is 0.855. The van der Waals surface area contributed by atoms with E-state index in [4.69, 9.17) is 4.74 Å². The Hall–Kier alpha value is -1.94. The van der Waals surface area contributed by atoms with Gasteiger partial charge in [0.05, 0.1) is 6.10 Å². The van der Waals surface area contributed by atoms with E-state index in [1.165, 1.54) is 12.1 Å². The van der Waals surface area contributed by atoms with Crippen molar-refractivity contribution in [3.05, 3.63) is 59.2 Å². The van der Waals surface area contributed by atoms with Gasteiger partial charge in [-0.25, -0.2) is 4.39 Å². The summed E-state index contributed by atoms with van der Waals surface area (Å²) in [5.74, 6) is 0.0398. The minimum atomic E-state index is -0.643. The molecule has 3 nitrogen and oxygen atoms in total. The Balaban J connectivity index is 1.93. The Morgan fingerprint density at radius 2 is 2.16 bits per heavy atom. The second-order valence-corrected chi connectivity index (χ2v) is 4.77. The third kappa shape index (κ3) is 2.31. The van der Waals surface area contributed by atoms with E-state index < -0.39 is 6.10 Å². The number of benzene rings is 1. The number of hydrogen-bond acceptors (Lipinski definition) is 3. The number of aromatic nitrogens is 1. The summed E-state index contributed by atoms with van der Waals surface area (Å²) >= 11 is 0. The third-order valence-electron chi connectivity index (χ3n) is 3.35. The molecule has 2 atom stereocenters. The number of aliphatic hydroxyl groups excluding tert-OH is 1. The Morgan fingerprint density at radius 1 is 1.32 bits per heavy atom. The van der Waals surface area contributed by atoms with Gasteiger partial charge in [0.2, 0.25) is 0 Å². The maximum atomic E-state index is 13.2. The molecule has 1 N–H and O–H groups in total. The van der Waals surface area contributed by atoms with E-state index in [9.17, 15) is 9.50 Å². The molecule has 19 heavy (non-hydrogen) atoms. The molecule has 3 rings (SSSR count). The van der Waals surface area contributed by atoms with E-state index in [1.54, 1.807) is 12.3 Å². The Kier molecular flexibility index (Phi) is 2.95. The van der Waals surface area contributed by atoms with Crippen LogP contribution in [0.15, 0.2) is 36.5 Å². The van der Waals surface area contributed by atoms with Crippen LogP contribution in [0.3, 0.4) is 0 Å². The molecule has 0 saturated heterocycles. The number of aryl methyl sites for hydroxylation is 1. The zero-order chi connectivity index (χ0) is 13.4. The molecule has 0 bridgehead atoms. The molecule has 0 amide bonds. The molecule has 1 aromatic heterocycles. The summed E-state index contributed by atoms with van der Waals surface area (Å²) in [6.07, 6.45) is 1.24. The highest BCUT2D eigenvalue weighted by atomic mass is 19.1. The number of aliphatic hydroxyl groups is 1. The van der Waals surface area contributed by atoms with Crippen LogP contribution in [0.25, 0.3) is 0 Å². The Morgan fingerprint density at radius 3 is 2.89 bits per heavy atom. The maximum Gasteiger partial charge on any atom is 0.128 e. The standard InChI is InChI=1S/C15H14FNO2/c1-9-2-3-10(8-17-9)14-7-13(18)12-5-4-11(16)6-15(12)19-14/h2-6,8,13-14,18H,7H2,1H3. The fourth-order valence-corrected chi connectivity index (χ4v) is 2.29. The van der Waals surface area contributed by atoms with Gasteiger partial charge < -0.3 is 9.84 Å². The SMILES string of the molecule is Cc1ccc(C2CC(O)c3ccc(F)cc3O2)cn1. The van der Waals surface area contributed by atoms with Crippen molar-refractivity contribution in [1.29, 1.82) is 0 Å². The second kappa shape index (κ2) is 4.63. The van der Waals surface area contributed by atoms with Gasteiger partial charge in [-0.05, 0) is 25.1 Å². The lowest BCUT2D eigenvalue weighted by atomic mass is 9.95. The van der Waals surface area contributed by atoms with Crippen LogP contribution in [-0.4, -0.2) is 10.1 Å². The van der Waals surface area contributed by atoms with Crippen LogP contribution in [0.5, 0.6) is 5.75 Å². The summed E-state index contributed by atoms with van der Waals surface area (Å²) in [5.41, 5.74) is 2.45. The average Bonchev–Trinajstić information content (AvgIpc) is 2.38. The summed E-state index contributed by atoms with van der Waals surface area (Å²) in [4.78, 5) is 4.22. The van der Waals surface area contributed by atoms with E-state index in [2.05, 4.69) is 4.98 Å². The predicted octanol–water partition coefficient (Wildman–Crippen LogP) is 3.09. The summed E-state index contributed by atoms with van der Waals surface area (Å²) in [6.45, 7) is 1.91. The van der Waals surface area contributed by atoms with Crippen LogP contribution in [0.4, 0.5) is 4.39 Å². The number of pyridine rings is 1. The maximum absolute atomic E-state index is 13.2. The van der Waals surface area contributed by atoms with Crippen LogP contribution < -0.4 is 4.74 Å².